The molecule has 1 aromatic heterocycles. The Morgan fingerprint density at radius 3 is 2.39 bits per heavy atom. The van der Waals surface area contributed by atoms with Crippen LogP contribution in [-0.4, -0.2) is 22.0 Å². The summed E-state index contributed by atoms with van der Waals surface area (Å²) in [6.45, 7) is 2.12. The number of nitrogens with zero attached hydrogens (tertiary/aromatic N) is 4. The molecule has 2 N–H and O–H groups in total. The second-order valence-corrected chi connectivity index (χ2v) is 9.15. The second kappa shape index (κ2) is 11.8. The molecule has 4 rings (SSSR count). The fourth-order valence-corrected chi connectivity index (χ4v) is 4.27. The Labute approximate surface area is 229 Å². The molecular formula is C27H22Cl2N6O3. The van der Waals surface area contributed by atoms with Gasteiger partial charge in [-0.2, -0.15) is 5.26 Å². The van der Waals surface area contributed by atoms with Crippen LogP contribution < -0.4 is 15.4 Å². The van der Waals surface area contributed by atoms with Gasteiger partial charge in [0, 0.05) is 22.3 Å². The van der Waals surface area contributed by atoms with E-state index in [4.69, 9.17) is 27.9 Å². The van der Waals surface area contributed by atoms with E-state index in [9.17, 15) is 15.4 Å². The van der Waals surface area contributed by atoms with Crippen molar-refractivity contribution in [1.29, 1.82) is 5.26 Å². The average molecular weight is 549 g/mol. The number of hydrogen-bond donors (Lipinski definition) is 2. The van der Waals surface area contributed by atoms with Crippen LogP contribution in [0, 0.1) is 28.4 Å². The van der Waals surface area contributed by atoms with Gasteiger partial charge in [0.2, 0.25) is 11.6 Å². The number of rotatable bonds is 9. The molecule has 4 aromatic rings. The van der Waals surface area contributed by atoms with Gasteiger partial charge in [-0.15, -0.1) is 0 Å². The molecule has 11 heteroatoms. The maximum absolute atomic E-state index is 12.0. The lowest BCUT2D eigenvalue weighted by Gasteiger charge is -2.17. The Kier molecular flexibility index (Phi) is 8.26. The van der Waals surface area contributed by atoms with E-state index in [0.29, 0.717) is 33.6 Å². The van der Waals surface area contributed by atoms with Crippen LogP contribution in [0.2, 0.25) is 10.0 Å². The highest BCUT2D eigenvalue weighted by molar-refractivity contribution is 6.32. The van der Waals surface area contributed by atoms with Crippen LogP contribution in [0.25, 0.3) is 0 Å². The average Bonchev–Trinajstić information content (AvgIpc) is 2.91. The molecule has 0 saturated carbocycles. The van der Waals surface area contributed by atoms with Crippen LogP contribution in [0.15, 0.2) is 67.0 Å². The molecule has 0 aliphatic carbocycles. The maximum atomic E-state index is 12.0. The van der Waals surface area contributed by atoms with E-state index in [1.54, 1.807) is 55.6 Å². The summed E-state index contributed by atoms with van der Waals surface area (Å²) in [7, 11) is 1.58. The number of nitro groups is 1. The predicted octanol–water partition coefficient (Wildman–Crippen LogP) is 7.02. The molecule has 0 aliphatic rings. The molecule has 0 fully saturated rings. The second-order valence-electron chi connectivity index (χ2n) is 8.31. The van der Waals surface area contributed by atoms with E-state index in [0.717, 1.165) is 16.7 Å². The monoisotopic (exact) mass is 548 g/mol. The summed E-state index contributed by atoms with van der Waals surface area (Å²) < 4.78 is 5.16. The van der Waals surface area contributed by atoms with Gasteiger partial charge in [0.1, 0.15) is 12.1 Å². The molecule has 3 aromatic carbocycles. The zero-order chi connectivity index (χ0) is 27.2. The van der Waals surface area contributed by atoms with Crippen molar-refractivity contribution in [3.05, 3.63) is 109 Å². The summed E-state index contributed by atoms with van der Waals surface area (Å²) in [5, 5.41) is 28.8. The summed E-state index contributed by atoms with van der Waals surface area (Å²) >= 11 is 12.6. The Balaban J connectivity index is 1.61. The highest BCUT2D eigenvalue weighted by Crippen LogP contribution is 2.37. The van der Waals surface area contributed by atoms with Crippen molar-refractivity contribution in [3.8, 4) is 11.8 Å². The number of hydrogen-bond acceptors (Lipinski definition) is 8. The summed E-state index contributed by atoms with van der Waals surface area (Å²) in [6.07, 6.45) is 1.24. The van der Waals surface area contributed by atoms with Crippen molar-refractivity contribution in [2.75, 3.05) is 17.7 Å². The van der Waals surface area contributed by atoms with Crippen LogP contribution >= 0.6 is 23.2 Å². The van der Waals surface area contributed by atoms with Gasteiger partial charge in [-0.05, 0) is 59.5 Å². The Morgan fingerprint density at radius 2 is 1.76 bits per heavy atom. The number of nitrogens with one attached hydrogen (secondary N) is 2. The number of nitriles is 1. The number of halogens is 2. The quantitative estimate of drug-likeness (QED) is 0.169. The van der Waals surface area contributed by atoms with Crippen LogP contribution in [0.3, 0.4) is 0 Å². The highest BCUT2D eigenvalue weighted by Gasteiger charge is 2.24. The van der Waals surface area contributed by atoms with Crippen molar-refractivity contribution >= 4 is 46.2 Å². The molecule has 9 nitrogen and oxygen atoms in total. The first-order valence-corrected chi connectivity index (χ1v) is 12.1. The zero-order valence-corrected chi connectivity index (χ0v) is 21.9. The smallest absolute Gasteiger partial charge is 0.353 e. The first-order chi connectivity index (χ1) is 18.3. The molecule has 0 radical (unpaired) electrons. The van der Waals surface area contributed by atoms with Crippen molar-refractivity contribution in [2.45, 2.75) is 19.4 Å². The molecule has 1 atom stereocenters. The molecule has 0 aliphatic heterocycles. The largest absolute Gasteiger partial charge is 0.497 e. The topological polar surface area (TPSA) is 126 Å². The number of ether oxygens (including phenoxy) is 1. The third-order valence-electron chi connectivity index (χ3n) is 5.86. The van der Waals surface area contributed by atoms with Gasteiger partial charge in [0.25, 0.3) is 0 Å². The minimum Gasteiger partial charge on any atom is -0.497 e. The third kappa shape index (κ3) is 5.94. The third-order valence-corrected chi connectivity index (χ3v) is 6.44. The predicted molar refractivity (Wildman–Crippen MR) is 147 cm³/mol. The lowest BCUT2D eigenvalue weighted by molar-refractivity contribution is -0.383. The molecule has 0 amide bonds. The molecule has 1 unspecified atom stereocenters. The minimum atomic E-state index is -0.616. The van der Waals surface area contributed by atoms with E-state index in [1.807, 2.05) is 19.1 Å². The Morgan fingerprint density at radius 1 is 1.08 bits per heavy atom. The molecule has 1 heterocycles. The van der Waals surface area contributed by atoms with E-state index >= 15 is 0 Å². The Bertz CT molecular complexity index is 1510. The van der Waals surface area contributed by atoms with Gasteiger partial charge in [-0.3, -0.25) is 10.1 Å². The van der Waals surface area contributed by atoms with E-state index in [1.165, 1.54) is 6.33 Å². The first kappa shape index (κ1) is 26.7. The van der Waals surface area contributed by atoms with Gasteiger partial charge >= 0.3 is 5.69 Å². The number of aryl methyl sites for hydroxylation is 1. The van der Waals surface area contributed by atoms with Crippen LogP contribution in [0.1, 0.15) is 28.2 Å². The lowest BCUT2D eigenvalue weighted by Crippen LogP contribution is -2.09. The molecule has 0 spiro atoms. The fraction of sp³-hybridized carbons (Fsp3) is 0.148. The van der Waals surface area contributed by atoms with Crippen molar-refractivity contribution < 1.29 is 9.66 Å². The van der Waals surface area contributed by atoms with Gasteiger partial charge in [-0.25, -0.2) is 9.97 Å². The van der Waals surface area contributed by atoms with E-state index in [2.05, 4.69) is 26.7 Å². The molecule has 0 saturated heterocycles. The van der Waals surface area contributed by atoms with Gasteiger partial charge < -0.3 is 15.4 Å². The highest BCUT2D eigenvalue weighted by atomic mass is 35.5. The SMILES string of the molecule is COc1ccc(CNc2ncnc(Nc3cc(Cl)c(C(C#N)c4ccc(Cl)cc4)cc3C)c2[N+](=O)[O-])cc1. The van der Waals surface area contributed by atoms with Crippen LogP contribution in [-0.2, 0) is 6.54 Å². The van der Waals surface area contributed by atoms with E-state index in [-0.39, 0.29) is 17.3 Å². The van der Waals surface area contributed by atoms with E-state index < -0.39 is 10.8 Å². The summed E-state index contributed by atoms with van der Waals surface area (Å²) in [5.41, 5.74) is 3.17. The lowest BCUT2D eigenvalue weighted by atomic mass is 9.91. The number of methoxy groups -OCH3 is 1. The van der Waals surface area contributed by atoms with Gasteiger partial charge in [0.15, 0.2) is 0 Å². The van der Waals surface area contributed by atoms with Crippen LogP contribution in [0.5, 0.6) is 5.75 Å². The van der Waals surface area contributed by atoms with Crippen molar-refractivity contribution in [2.24, 2.45) is 0 Å². The standard InChI is InChI=1S/C27H22Cl2N6O3/c1-16-11-21(22(13-30)18-5-7-19(28)8-6-18)23(29)12-24(16)34-27-25(35(36)37)26(32-15-33-27)31-14-17-3-9-20(38-2)10-4-17/h3-12,15,22H,14H2,1-2H3,(H2,31,32,33,34). The summed E-state index contributed by atoms with van der Waals surface area (Å²) in [4.78, 5) is 19.6. The Hall–Kier alpha value is -4.39. The molecule has 192 valence electrons. The normalized spacial score (nSPS) is 11.3. The fourth-order valence-electron chi connectivity index (χ4n) is 3.87. The van der Waals surface area contributed by atoms with Crippen molar-refractivity contribution in [1.82, 2.24) is 9.97 Å². The van der Waals surface area contributed by atoms with Gasteiger partial charge in [0.05, 0.1) is 24.0 Å². The summed E-state index contributed by atoms with van der Waals surface area (Å²) in [5.74, 6) is 0.164. The molecule has 0 bridgehead atoms. The zero-order valence-electron chi connectivity index (χ0n) is 20.4. The maximum Gasteiger partial charge on any atom is 0.353 e. The van der Waals surface area contributed by atoms with Crippen molar-refractivity contribution in [3.63, 3.8) is 0 Å². The first-order valence-electron chi connectivity index (χ1n) is 11.4. The minimum absolute atomic E-state index is 0.00341. The number of benzene rings is 3. The van der Waals surface area contributed by atoms with Crippen LogP contribution in [0.4, 0.5) is 23.0 Å². The number of aromatic nitrogens is 2. The number of anilines is 3. The molecule has 38 heavy (non-hydrogen) atoms. The summed E-state index contributed by atoms with van der Waals surface area (Å²) in [6, 6.07) is 20.0. The molecular weight excluding hydrogens is 527 g/mol. The van der Waals surface area contributed by atoms with Gasteiger partial charge in [-0.1, -0.05) is 53.5 Å².